The standard InChI is InChI=1S/C18H13F2N3O/c1-11-15(6-7-21)16-8-14(20)9-23(18(16)22-11)10-17(24)12-2-4-13(19)5-3-12/h2-5,8-9H,6,10H2,1H3. The highest BCUT2D eigenvalue weighted by atomic mass is 19.1. The molecular weight excluding hydrogens is 312 g/mol. The fourth-order valence-electron chi connectivity index (χ4n) is 2.68. The third kappa shape index (κ3) is 2.88. The minimum absolute atomic E-state index is 0.123. The smallest absolute Gasteiger partial charge is 0.182 e. The zero-order chi connectivity index (χ0) is 17.3. The molecule has 4 nitrogen and oxygen atoms in total. The number of fused-ring (bicyclic) bond motifs is 1. The van der Waals surface area contributed by atoms with Gasteiger partial charge < -0.3 is 4.57 Å². The number of Topliss-reactive ketones (excluding diaryl/α,β-unsaturated/α-hetero) is 1. The summed E-state index contributed by atoms with van der Waals surface area (Å²) in [6.07, 6.45) is 1.32. The topological polar surface area (TPSA) is 58.7 Å². The molecule has 0 N–H and O–H groups in total. The number of aryl methyl sites for hydroxylation is 1. The molecule has 0 bridgehead atoms. The molecule has 0 amide bonds. The fraction of sp³-hybridized carbons (Fsp3) is 0.167. The minimum atomic E-state index is -0.513. The maximum absolute atomic E-state index is 13.9. The van der Waals surface area contributed by atoms with Crippen molar-refractivity contribution in [3.05, 3.63) is 65.0 Å². The van der Waals surface area contributed by atoms with E-state index in [9.17, 15) is 13.6 Å². The van der Waals surface area contributed by atoms with E-state index in [0.717, 1.165) is 0 Å². The van der Waals surface area contributed by atoms with E-state index in [1.165, 1.54) is 41.1 Å². The molecule has 2 aliphatic heterocycles. The molecule has 120 valence electrons. The molecule has 0 aliphatic carbocycles. The number of benzene rings is 1. The molecule has 6 heteroatoms. The molecule has 3 rings (SSSR count). The van der Waals surface area contributed by atoms with Crippen LogP contribution in [0, 0.1) is 29.9 Å². The van der Waals surface area contributed by atoms with Gasteiger partial charge in [-0.05, 0) is 42.8 Å². The van der Waals surface area contributed by atoms with Crippen molar-refractivity contribution in [3.8, 4) is 17.5 Å². The average molecular weight is 325 g/mol. The number of hydrogen-bond donors (Lipinski definition) is 0. The minimum Gasteiger partial charge on any atom is -0.322 e. The first-order valence-electron chi connectivity index (χ1n) is 7.30. The van der Waals surface area contributed by atoms with Gasteiger partial charge in [0.15, 0.2) is 5.78 Å². The first-order chi connectivity index (χ1) is 11.5. The maximum atomic E-state index is 13.9. The van der Waals surface area contributed by atoms with Crippen LogP contribution < -0.4 is 0 Å². The Morgan fingerprint density at radius 3 is 2.62 bits per heavy atom. The van der Waals surface area contributed by atoms with Crippen LogP contribution in [0.3, 0.4) is 0 Å². The third-order valence-corrected chi connectivity index (χ3v) is 3.85. The average Bonchev–Trinajstić information content (AvgIpc) is 2.85. The lowest BCUT2D eigenvalue weighted by Gasteiger charge is -2.12. The number of halogens is 2. The fourth-order valence-corrected chi connectivity index (χ4v) is 2.68. The predicted molar refractivity (Wildman–Crippen MR) is 83.6 cm³/mol. The number of rotatable bonds is 4. The van der Waals surface area contributed by atoms with Gasteiger partial charge in [-0.1, -0.05) is 0 Å². The molecule has 0 atom stereocenters. The van der Waals surface area contributed by atoms with Gasteiger partial charge in [-0.25, -0.2) is 13.8 Å². The molecular formula is C18H13F2N3O. The third-order valence-electron chi connectivity index (χ3n) is 3.85. The lowest BCUT2D eigenvalue weighted by atomic mass is 10.1. The van der Waals surface area contributed by atoms with Crippen LogP contribution in [0.4, 0.5) is 8.78 Å². The van der Waals surface area contributed by atoms with Gasteiger partial charge in [-0.3, -0.25) is 4.79 Å². The summed E-state index contributed by atoms with van der Waals surface area (Å²) >= 11 is 0. The molecule has 0 aromatic heterocycles. The van der Waals surface area contributed by atoms with Crippen LogP contribution in [-0.2, 0) is 13.0 Å². The summed E-state index contributed by atoms with van der Waals surface area (Å²) in [4.78, 5) is 16.7. The van der Waals surface area contributed by atoms with Crippen LogP contribution in [0.2, 0.25) is 0 Å². The maximum Gasteiger partial charge on any atom is 0.182 e. The Morgan fingerprint density at radius 1 is 1.25 bits per heavy atom. The van der Waals surface area contributed by atoms with Crippen molar-refractivity contribution in [1.29, 1.82) is 5.26 Å². The van der Waals surface area contributed by atoms with E-state index in [0.29, 0.717) is 28.2 Å². The van der Waals surface area contributed by atoms with Gasteiger partial charge in [-0.2, -0.15) is 5.26 Å². The number of pyridine rings is 1. The summed E-state index contributed by atoms with van der Waals surface area (Å²) < 4.78 is 28.3. The summed E-state index contributed by atoms with van der Waals surface area (Å²) in [5, 5.41) is 8.91. The van der Waals surface area contributed by atoms with E-state index in [1.807, 2.05) is 6.07 Å². The molecule has 2 aliphatic rings. The zero-order valence-electron chi connectivity index (χ0n) is 12.9. The Balaban J connectivity index is 1.99. The normalized spacial score (nSPS) is 10.8. The number of nitriles is 1. The van der Waals surface area contributed by atoms with Crippen LogP contribution in [0.15, 0.2) is 36.5 Å². The van der Waals surface area contributed by atoms with E-state index in [-0.39, 0.29) is 18.7 Å². The summed E-state index contributed by atoms with van der Waals surface area (Å²) in [7, 11) is 0. The largest absolute Gasteiger partial charge is 0.322 e. The van der Waals surface area contributed by atoms with Gasteiger partial charge in [0.05, 0.1) is 19.0 Å². The molecule has 0 unspecified atom stereocenters. The molecule has 0 radical (unpaired) electrons. The van der Waals surface area contributed by atoms with Crippen molar-refractivity contribution in [2.24, 2.45) is 0 Å². The Kier molecular flexibility index (Phi) is 4.09. The van der Waals surface area contributed by atoms with Crippen LogP contribution in [-0.4, -0.2) is 15.3 Å². The summed E-state index contributed by atoms with van der Waals surface area (Å²) in [5.74, 6) is -0.771. The van der Waals surface area contributed by atoms with Gasteiger partial charge in [0.25, 0.3) is 0 Å². The Hall–Kier alpha value is -3.07. The first-order valence-corrected chi connectivity index (χ1v) is 7.30. The number of ketones is 1. The van der Waals surface area contributed by atoms with E-state index < -0.39 is 11.6 Å². The SMILES string of the molecule is Cc1nc2n(CC(=O)c3ccc(F)cc3)cc(F)cc-2c1CC#N. The molecule has 1 aromatic rings. The molecule has 0 saturated carbocycles. The zero-order valence-corrected chi connectivity index (χ0v) is 12.9. The quantitative estimate of drug-likeness (QED) is 0.690. The van der Waals surface area contributed by atoms with Crippen LogP contribution >= 0.6 is 0 Å². The lowest BCUT2D eigenvalue weighted by Crippen LogP contribution is -2.14. The molecule has 1 aromatic carbocycles. The highest BCUT2D eigenvalue weighted by Crippen LogP contribution is 2.29. The van der Waals surface area contributed by atoms with E-state index >= 15 is 0 Å². The van der Waals surface area contributed by atoms with E-state index in [1.54, 1.807) is 6.92 Å². The second-order valence-corrected chi connectivity index (χ2v) is 5.46. The van der Waals surface area contributed by atoms with Crippen molar-refractivity contribution in [3.63, 3.8) is 0 Å². The number of carbonyl (C=O) groups excluding carboxylic acids is 1. The highest BCUT2D eigenvalue weighted by Gasteiger charge is 2.21. The van der Waals surface area contributed by atoms with Crippen LogP contribution in [0.1, 0.15) is 21.6 Å². The van der Waals surface area contributed by atoms with E-state index in [4.69, 9.17) is 5.26 Å². The Labute approximate surface area is 137 Å². The molecule has 0 saturated heterocycles. The van der Waals surface area contributed by atoms with Gasteiger partial charge >= 0.3 is 0 Å². The number of nitrogens with zero attached hydrogens (tertiary/aromatic N) is 3. The summed E-state index contributed by atoms with van der Waals surface area (Å²) in [5.41, 5.74) is 2.16. The first kappa shape index (κ1) is 15.8. The van der Waals surface area contributed by atoms with Crippen molar-refractivity contribution in [2.75, 3.05) is 0 Å². The monoisotopic (exact) mass is 325 g/mol. The number of carbonyl (C=O) groups is 1. The molecule has 0 spiro atoms. The van der Waals surface area contributed by atoms with Gasteiger partial charge in [0.1, 0.15) is 17.5 Å². The van der Waals surface area contributed by atoms with Gasteiger partial charge in [0, 0.05) is 23.0 Å². The van der Waals surface area contributed by atoms with Gasteiger partial charge in [-0.15, -0.1) is 0 Å². The second kappa shape index (κ2) is 6.20. The van der Waals surface area contributed by atoms with Gasteiger partial charge in [0.2, 0.25) is 0 Å². The lowest BCUT2D eigenvalue weighted by molar-refractivity contribution is 0.0972. The molecule has 2 heterocycles. The van der Waals surface area contributed by atoms with Crippen LogP contribution in [0.5, 0.6) is 0 Å². The summed E-state index contributed by atoms with van der Waals surface area (Å²) in [6, 6.07) is 8.54. The molecule has 0 fully saturated rings. The van der Waals surface area contributed by atoms with Crippen molar-refractivity contribution in [2.45, 2.75) is 19.9 Å². The van der Waals surface area contributed by atoms with Crippen molar-refractivity contribution >= 4 is 5.78 Å². The van der Waals surface area contributed by atoms with E-state index in [2.05, 4.69) is 4.98 Å². The van der Waals surface area contributed by atoms with Crippen molar-refractivity contribution in [1.82, 2.24) is 9.55 Å². The Bertz CT molecular complexity index is 923. The summed E-state index contributed by atoms with van der Waals surface area (Å²) in [6.45, 7) is 1.62. The number of hydrogen-bond acceptors (Lipinski definition) is 3. The van der Waals surface area contributed by atoms with Crippen molar-refractivity contribution < 1.29 is 13.6 Å². The highest BCUT2D eigenvalue weighted by molar-refractivity contribution is 5.96. The van der Waals surface area contributed by atoms with Crippen LogP contribution in [0.25, 0.3) is 11.4 Å². The number of aromatic nitrogens is 2. The second-order valence-electron chi connectivity index (χ2n) is 5.46. The Morgan fingerprint density at radius 2 is 1.96 bits per heavy atom. The molecule has 24 heavy (non-hydrogen) atoms. The predicted octanol–water partition coefficient (Wildman–Crippen LogP) is 3.52.